The molecule has 0 aliphatic carbocycles. The molecule has 0 radical (unpaired) electrons. The third-order valence-electron chi connectivity index (χ3n) is 1.84. The molecule has 0 bridgehead atoms. The minimum Gasteiger partial charge on any atom is -0.344 e. The molecular formula is C8H8N2O. The predicted octanol–water partition coefficient (Wildman–Crippen LogP) is 0.886. The summed E-state index contributed by atoms with van der Waals surface area (Å²) >= 11 is 0. The zero-order chi connectivity index (χ0) is 7.84. The minimum atomic E-state index is -0.0133. The molecule has 2 rings (SSSR count). The Morgan fingerprint density at radius 1 is 1.64 bits per heavy atom. The normalized spacial score (nSPS) is 21.2. The second-order valence-corrected chi connectivity index (χ2v) is 2.63. The summed E-state index contributed by atoms with van der Waals surface area (Å²) in [4.78, 5) is 15.2. The van der Waals surface area contributed by atoms with E-state index in [9.17, 15) is 4.79 Å². The van der Waals surface area contributed by atoms with Gasteiger partial charge in [0.1, 0.15) is 0 Å². The van der Waals surface area contributed by atoms with Gasteiger partial charge < -0.3 is 5.32 Å². The first-order valence-electron chi connectivity index (χ1n) is 3.55. The third-order valence-corrected chi connectivity index (χ3v) is 1.84. The van der Waals surface area contributed by atoms with Crippen LogP contribution in [-0.4, -0.2) is 10.9 Å². The van der Waals surface area contributed by atoms with Gasteiger partial charge in [-0.25, -0.2) is 0 Å². The van der Waals surface area contributed by atoms with Gasteiger partial charge in [0.05, 0.1) is 17.3 Å². The first-order valence-corrected chi connectivity index (χ1v) is 3.55. The van der Waals surface area contributed by atoms with Crippen LogP contribution in [-0.2, 0) is 0 Å². The Labute approximate surface area is 64.5 Å². The van der Waals surface area contributed by atoms with Crippen molar-refractivity contribution in [2.24, 2.45) is 0 Å². The monoisotopic (exact) mass is 148 g/mol. The fourth-order valence-electron chi connectivity index (χ4n) is 1.30. The molecule has 0 unspecified atom stereocenters. The number of nitrogens with zero attached hydrogens (tertiary/aromatic N) is 1. The van der Waals surface area contributed by atoms with Crippen molar-refractivity contribution in [2.75, 3.05) is 0 Å². The largest absolute Gasteiger partial charge is 0.344 e. The van der Waals surface area contributed by atoms with Gasteiger partial charge in [0.25, 0.3) is 5.91 Å². The summed E-state index contributed by atoms with van der Waals surface area (Å²) in [5.41, 5.74) is 1.57. The fourth-order valence-corrected chi connectivity index (χ4v) is 1.30. The number of fused-ring (bicyclic) bond motifs is 1. The topological polar surface area (TPSA) is 42.0 Å². The molecule has 0 saturated carbocycles. The second kappa shape index (κ2) is 2.05. The SMILES string of the molecule is C[C@H]1NC(=O)c2cccnc21. The molecule has 0 aromatic carbocycles. The fraction of sp³-hybridized carbons (Fsp3) is 0.250. The van der Waals surface area contributed by atoms with Crippen molar-refractivity contribution in [3.05, 3.63) is 29.6 Å². The van der Waals surface area contributed by atoms with E-state index in [0.29, 0.717) is 5.56 Å². The number of hydrogen-bond donors (Lipinski definition) is 1. The van der Waals surface area contributed by atoms with Crippen molar-refractivity contribution in [2.45, 2.75) is 13.0 Å². The second-order valence-electron chi connectivity index (χ2n) is 2.63. The van der Waals surface area contributed by atoms with Crippen LogP contribution in [0.3, 0.4) is 0 Å². The molecule has 1 aromatic heterocycles. The molecule has 1 aliphatic heterocycles. The molecule has 1 aromatic rings. The van der Waals surface area contributed by atoms with Crippen LogP contribution in [0.1, 0.15) is 29.0 Å². The van der Waals surface area contributed by atoms with Crippen LogP contribution in [0.5, 0.6) is 0 Å². The molecule has 2 heterocycles. The van der Waals surface area contributed by atoms with Crippen molar-refractivity contribution in [3.63, 3.8) is 0 Å². The van der Waals surface area contributed by atoms with E-state index < -0.39 is 0 Å². The van der Waals surface area contributed by atoms with Crippen LogP contribution in [0.2, 0.25) is 0 Å². The maximum Gasteiger partial charge on any atom is 0.253 e. The number of amides is 1. The van der Waals surface area contributed by atoms with Crippen LogP contribution >= 0.6 is 0 Å². The van der Waals surface area contributed by atoms with E-state index in [-0.39, 0.29) is 11.9 Å². The molecule has 0 saturated heterocycles. The van der Waals surface area contributed by atoms with Crippen molar-refractivity contribution < 1.29 is 4.79 Å². The van der Waals surface area contributed by atoms with E-state index >= 15 is 0 Å². The highest BCUT2D eigenvalue weighted by atomic mass is 16.2. The van der Waals surface area contributed by atoms with Crippen LogP contribution < -0.4 is 5.32 Å². The average molecular weight is 148 g/mol. The molecule has 0 fully saturated rings. The average Bonchev–Trinajstić information content (AvgIpc) is 2.30. The lowest BCUT2D eigenvalue weighted by Crippen LogP contribution is -2.16. The third kappa shape index (κ3) is 0.808. The van der Waals surface area contributed by atoms with Crippen LogP contribution in [0.15, 0.2) is 18.3 Å². The van der Waals surface area contributed by atoms with Gasteiger partial charge in [0.2, 0.25) is 0 Å². The van der Waals surface area contributed by atoms with Crippen molar-refractivity contribution >= 4 is 5.91 Å². The van der Waals surface area contributed by atoms with E-state index in [1.807, 2.05) is 6.92 Å². The Morgan fingerprint density at radius 3 is 3.18 bits per heavy atom. The zero-order valence-electron chi connectivity index (χ0n) is 6.16. The minimum absolute atomic E-state index is 0.0133. The molecule has 56 valence electrons. The highest BCUT2D eigenvalue weighted by Crippen LogP contribution is 2.20. The summed E-state index contributed by atoms with van der Waals surface area (Å²) in [5, 5.41) is 2.78. The van der Waals surface area contributed by atoms with E-state index in [2.05, 4.69) is 10.3 Å². The summed E-state index contributed by atoms with van der Waals surface area (Å²) in [6.07, 6.45) is 1.70. The van der Waals surface area contributed by atoms with E-state index in [1.54, 1.807) is 18.3 Å². The Bertz CT molecular complexity index is 309. The maximum absolute atomic E-state index is 11.1. The smallest absolute Gasteiger partial charge is 0.253 e. The Balaban J connectivity index is 2.60. The van der Waals surface area contributed by atoms with E-state index in [1.165, 1.54) is 0 Å². The van der Waals surface area contributed by atoms with Gasteiger partial charge in [-0.05, 0) is 19.1 Å². The molecule has 1 atom stereocenters. The standard InChI is InChI=1S/C8H8N2O/c1-5-7-6(8(11)10-5)3-2-4-9-7/h2-5H,1H3,(H,10,11)/t5-/m1/s1. The van der Waals surface area contributed by atoms with Crippen molar-refractivity contribution in [3.8, 4) is 0 Å². The highest BCUT2D eigenvalue weighted by Gasteiger charge is 2.25. The van der Waals surface area contributed by atoms with Crippen molar-refractivity contribution in [1.29, 1.82) is 0 Å². The number of nitrogens with one attached hydrogen (secondary N) is 1. The molecule has 3 heteroatoms. The summed E-state index contributed by atoms with van der Waals surface area (Å²) in [6, 6.07) is 3.64. The summed E-state index contributed by atoms with van der Waals surface area (Å²) in [5.74, 6) is -0.0133. The maximum atomic E-state index is 11.1. The number of pyridine rings is 1. The Kier molecular flexibility index (Phi) is 1.18. The number of aromatic nitrogens is 1. The number of carbonyl (C=O) groups excluding carboxylic acids is 1. The van der Waals surface area contributed by atoms with Gasteiger partial charge in [-0.2, -0.15) is 0 Å². The summed E-state index contributed by atoms with van der Waals surface area (Å²) in [6.45, 7) is 1.93. The molecular weight excluding hydrogens is 140 g/mol. The lowest BCUT2D eigenvalue weighted by atomic mass is 10.2. The number of carbonyl (C=O) groups is 1. The van der Waals surface area contributed by atoms with Gasteiger partial charge >= 0.3 is 0 Å². The van der Waals surface area contributed by atoms with E-state index in [0.717, 1.165) is 5.69 Å². The van der Waals surface area contributed by atoms with Gasteiger partial charge in [-0.15, -0.1) is 0 Å². The van der Waals surface area contributed by atoms with Crippen LogP contribution in [0, 0.1) is 0 Å². The van der Waals surface area contributed by atoms with Crippen LogP contribution in [0.25, 0.3) is 0 Å². The Morgan fingerprint density at radius 2 is 2.45 bits per heavy atom. The Hall–Kier alpha value is -1.38. The molecule has 1 N–H and O–H groups in total. The van der Waals surface area contributed by atoms with E-state index in [4.69, 9.17) is 0 Å². The van der Waals surface area contributed by atoms with Gasteiger partial charge in [0, 0.05) is 6.20 Å². The number of rotatable bonds is 0. The van der Waals surface area contributed by atoms with Crippen LogP contribution in [0.4, 0.5) is 0 Å². The van der Waals surface area contributed by atoms with Gasteiger partial charge in [-0.1, -0.05) is 0 Å². The molecule has 0 spiro atoms. The summed E-state index contributed by atoms with van der Waals surface area (Å²) < 4.78 is 0. The first-order chi connectivity index (χ1) is 5.29. The molecule has 11 heavy (non-hydrogen) atoms. The lowest BCUT2D eigenvalue weighted by molar-refractivity contribution is 0.0958. The predicted molar refractivity (Wildman–Crippen MR) is 40.1 cm³/mol. The highest BCUT2D eigenvalue weighted by molar-refractivity contribution is 5.98. The number of hydrogen-bond acceptors (Lipinski definition) is 2. The lowest BCUT2D eigenvalue weighted by Gasteiger charge is -1.99. The quantitative estimate of drug-likeness (QED) is 0.593. The molecule has 1 amide bonds. The first kappa shape index (κ1) is 6.34. The molecule has 1 aliphatic rings. The zero-order valence-corrected chi connectivity index (χ0v) is 6.16. The molecule has 3 nitrogen and oxygen atoms in total. The van der Waals surface area contributed by atoms with Gasteiger partial charge in [-0.3, -0.25) is 9.78 Å². The van der Waals surface area contributed by atoms with Crippen molar-refractivity contribution in [1.82, 2.24) is 10.3 Å². The van der Waals surface area contributed by atoms with Gasteiger partial charge in [0.15, 0.2) is 0 Å². The summed E-state index contributed by atoms with van der Waals surface area (Å²) in [7, 11) is 0.